The van der Waals surface area contributed by atoms with Gasteiger partial charge in [0.1, 0.15) is 5.69 Å². The average molecular weight is 423 g/mol. The van der Waals surface area contributed by atoms with Gasteiger partial charge in [0, 0.05) is 35.6 Å². The van der Waals surface area contributed by atoms with Crippen molar-refractivity contribution >= 4 is 45.0 Å². The molecule has 0 aliphatic carbocycles. The molecule has 0 spiro atoms. The van der Waals surface area contributed by atoms with Crippen LogP contribution in [0.4, 0.5) is 5.69 Å². The zero-order chi connectivity index (χ0) is 21.3. The number of piperidine rings is 1. The first-order chi connectivity index (χ1) is 14.4. The smallest absolute Gasteiger partial charge is 0.276 e. The molecule has 1 aliphatic rings. The molecule has 2 aromatic carbocycles. The van der Waals surface area contributed by atoms with Gasteiger partial charge < -0.3 is 16.0 Å². The van der Waals surface area contributed by atoms with Crippen molar-refractivity contribution in [3.05, 3.63) is 59.3 Å². The van der Waals surface area contributed by atoms with Crippen molar-refractivity contribution < 1.29 is 14.4 Å². The van der Waals surface area contributed by atoms with E-state index in [1.165, 1.54) is 11.5 Å². The van der Waals surface area contributed by atoms with Gasteiger partial charge in [0.05, 0.1) is 4.70 Å². The lowest BCUT2D eigenvalue weighted by Gasteiger charge is -2.30. The fraction of sp³-hybridized carbons (Fsp3) is 0.273. The van der Waals surface area contributed by atoms with Crippen LogP contribution in [0.15, 0.2) is 42.5 Å². The van der Waals surface area contributed by atoms with Crippen LogP contribution < -0.4 is 11.1 Å². The number of aromatic nitrogens is 1. The van der Waals surface area contributed by atoms with Crippen LogP contribution in [-0.2, 0) is 4.79 Å². The van der Waals surface area contributed by atoms with Gasteiger partial charge in [0.2, 0.25) is 5.91 Å². The van der Waals surface area contributed by atoms with Crippen LogP contribution in [0.5, 0.6) is 0 Å². The van der Waals surface area contributed by atoms with Crippen molar-refractivity contribution in [1.29, 1.82) is 0 Å². The van der Waals surface area contributed by atoms with Gasteiger partial charge >= 0.3 is 0 Å². The van der Waals surface area contributed by atoms with E-state index in [0.29, 0.717) is 42.9 Å². The van der Waals surface area contributed by atoms with Crippen LogP contribution >= 0.6 is 11.5 Å². The fourth-order valence-corrected chi connectivity index (χ4v) is 4.44. The molecule has 2 heterocycles. The molecule has 0 atom stereocenters. The number of nitrogens with one attached hydrogen (secondary N) is 1. The molecule has 0 saturated carbocycles. The Bertz CT molecular complexity index is 1130. The number of nitrogens with zero attached hydrogens (tertiary/aromatic N) is 2. The molecular weight excluding hydrogens is 400 g/mol. The Morgan fingerprint density at radius 1 is 1.13 bits per heavy atom. The minimum atomic E-state index is -0.308. The highest BCUT2D eigenvalue weighted by Crippen LogP contribution is 2.25. The summed E-state index contributed by atoms with van der Waals surface area (Å²) < 4.78 is 5.24. The summed E-state index contributed by atoms with van der Waals surface area (Å²) in [4.78, 5) is 38.8. The Kier molecular flexibility index (Phi) is 5.50. The number of fused-ring (bicyclic) bond motifs is 1. The van der Waals surface area contributed by atoms with Crippen molar-refractivity contribution in [2.75, 3.05) is 18.4 Å². The zero-order valence-corrected chi connectivity index (χ0v) is 17.4. The monoisotopic (exact) mass is 422 g/mol. The van der Waals surface area contributed by atoms with E-state index in [0.717, 1.165) is 15.6 Å². The van der Waals surface area contributed by atoms with E-state index in [9.17, 15) is 14.4 Å². The maximum atomic E-state index is 12.9. The number of carbonyl (C=O) groups is 3. The Balaban J connectivity index is 1.51. The van der Waals surface area contributed by atoms with Crippen LogP contribution in [0, 0.1) is 12.8 Å². The molecule has 154 valence electrons. The summed E-state index contributed by atoms with van der Waals surface area (Å²) in [6.45, 7) is 2.86. The lowest BCUT2D eigenvalue weighted by molar-refractivity contribution is -0.123. The van der Waals surface area contributed by atoms with Gasteiger partial charge in [-0.05, 0) is 55.1 Å². The first kappa shape index (κ1) is 20.0. The molecule has 30 heavy (non-hydrogen) atoms. The quantitative estimate of drug-likeness (QED) is 0.673. The van der Waals surface area contributed by atoms with E-state index in [1.54, 1.807) is 17.0 Å². The van der Waals surface area contributed by atoms with E-state index in [1.807, 2.05) is 37.3 Å². The Morgan fingerprint density at radius 2 is 1.87 bits per heavy atom. The molecule has 4 rings (SSSR count). The maximum Gasteiger partial charge on any atom is 0.276 e. The molecule has 3 amide bonds. The summed E-state index contributed by atoms with van der Waals surface area (Å²) >= 11 is 1.28. The second-order valence-corrected chi connectivity index (χ2v) is 8.28. The molecule has 1 fully saturated rings. The van der Waals surface area contributed by atoms with E-state index in [-0.39, 0.29) is 23.6 Å². The fourth-order valence-electron chi connectivity index (χ4n) is 3.67. The van der Waals surface area contributed by atoms with Gasteiger partial charge in [0.15, 0.2) is 0 Å². The molecule has 8 heteroatoms. The van der Waals surface area contributed by atoms with E-state index >= 15 is 0 Å². The van der Waals surface area contributed by atoms with Crippen LogP contribution in [0.1, 0.15) is 39.3 Å². The molecule has 1 aromatic heterocycles. The topological polar surface area (TPSA) is 105 Å². The minimum absolute atomic E-state index is 0.118. The molecule has 7 nitrogen and oxygen atoms in total. The van der Waals surface area contributed by atoms with Crippen LogP contribution in [0.25, 0.3) is 10.1 Å². The van der Waals surface area contributed by atoms with Crippen LogP contribution in [0.2, 0.25) is 0 Å². The highest BCUT2D eigenvalue weighted by atomic mass is 32.1. The summed E-state index contributed by atoms with van der Waals surface area (Å²) in [5, 5.41) is 3.71. The number of primary amides is 1. The van der Waals surface area contributed by atoms with Crippen molar-refractivity contribution in [3.63, 3.8) is 0 Å². The van der Waals surface area contributed by atoms with Gasteiger partial charge in [-0.2, -0.15) is 4.37 Å². The number of anilines is 1. The van der Waals surface area contributed by atoms with Crippen molar-refractivity contribution in [1.82, 2.24) is 9.27 Å². The first-order valence-electron chi connectivity index (χ1n) is 9.79. The summed E-state index contributed by atoms with van der Waals surface area (Å²) in [5.41, 5.74) is 7.67. The second kappa shape index (κ2) is 8.23. The SMILES string of the molecule is Cc1ccc(C(=O)N2CCC(C(N)=O)CC2)cc1NC(=O)c1nsc2ccccc12. The second-order valence-electron chi connectivity index (χ2n) is 7.48. The highest BCUT2D eigenvalue weighted by molar-refractivity contribution is 7.13. The van der Waals surface area contributed by atoms with E-state index in [2.05, 4.69) is 9.69 Å². The standard InChI is InChI=1S/C22H22N4O3S/c1-13-6-7-15(22(29)26-10-8-14(9-11-26)20(23)27)12-17(13)24-21(28)19-16-4-2-3-5-18(16)30-25-19/h2-7,12,14H,8-11H2,1H3,(H2,23,27)(H,24,28). The van der Waals surface area contributed by atoms with Gasteiger partial charge in [-0.3, -0.25) is 14.4 Å². The highest BCUT2D eigenvalue weighted by Gasteiger charge is 2.27. The average Bonchev–Trinajstić information content (AvgIpc) is 3.19. The van der Waals surface area contributed by atoms with Gasteiger partial charge in [0.25, 0.3) is 11.8 Å². The van der Waals surface area contributed by atoms with E-state index < -0.39 is 0 Å². The molecular formula is C22H22N4O3S. The number of benzene rings is 2. The largest absolute Gasteiger partial charge is 0.369 e. The summed E-state index contributed by atoms with van der Waals surface area (Å²) in [6, 6.07) is 12.9. The predicted octanol–water partition coefficient (Wildman–Crippen LogP) is 3.19. The lowest BCUT2D eigenvalue weighted by Crippen LogP contribution is -2.41. The molecule has 0 bridgehead atoms. The first-order valence-corrected chi connectivity index (χ1v) is 10.6. The molecule has 1 aliphatic heterocycles. The van der Waals surface area contributed by atoms with Gasteiger partial charge in [-0.25, -0.2) is 0 Å². The third-order valence-corrected chi connectivity index (χ3v) is 6.34. The minimum Gasteiger partial charge on any atom is -0.369 e. The Hall–Kier alpha value is -3.26. The lowest BCUT2D eigenvalue weighted by atomic mass is 9.95. The van der Waals surface area contributed by atoms with E-state index in [4.69, 9.17) is 5.73 Å². The Labute approximate surface area is 178 Å². The third kappa shape index (κ3) is 3.91. The van der Waals surface area contributed by atoms with Crippen LogP contribution in [0.3, 0.4) is 0 Å². The number of carbonyl (C=O) groups excluding carboxylic acids is 3. The Morgan fingerprint density at radius 3 is 2.60 bits per heavy atom. The number of nitrogens with two attached hydrogens (primary N) is 1. The normalized spacial score (nSPS) is 14.6. The number of rotatable bonds is 4. The molecule has 1 saturated heterocycles. The number of amides is 3. The number of hydrogen-bond acceptors (Lipinski definition) is 5. The molecule has 0 radical (unpaired) electrons. The third-order valence-electron chi connectivity index (χ3n) is 5.51. The van der Waals surface area contributed by atoms with Crippen molar-refractivity contribution in [2.24, 2.45) is 11.7 Å². The number of aryl methyl sites for hydroxylation is 1. The molecule has 3 aromatic rings. The molecule has 3 N–H and O–H groups in total. The zero-order valence-electron chi connectivity index (χ0n) is 16.6. The number of likely N-dealkylation sites (tertiary alicyclic amines) is 1. The van der Waals surface area contributed by atoms with Gasteiger partial charge in [-0.15, -0.1) is 0 Å². The summed E-state index contributed by atoms with van der Waals surface area (Å²) in [5.74, 6) is -0.901. The van der Waals surface area contributed by atoms with Crippen molar-refractivity contribution in [2.45, 2.75) is 19.8 Å². The van der Waals surface area contributed by atoms with Gasteiger partial charge in [-0.1, -0.05) is 24.3 Å². The number of hydrogen-bond donors (Lipinski definition) is 2. The van der Waals surface area contributed by atoms with Crippen molar-refractivity contribution in [3.8, 4) is 0 Å². The summed E-state index contributed by atoms with van der Waals surface area (Å²) in [7, 11) is 0. The summed E-state index contributed by atoms with van der Waals surface area (Å²) in [6.07, 6.45) is 1.15. The van der Waals surface area contributed by atoms with Crippen LogP contribution in [-0.4, -0.2) is 40.1 Å². The predicted molar refractivity (Wildman–Crippen MR) is 117 cm³/mol. The molecule has 0 unspecified atom stereocenters. The maximum absolute atomic E-state index is 12.9.